The normalized spacial score (nSPS) is 17.2. The SMILES string of the molecule is CO[C@@H]1CSc2c(-c3ncc(C(F)(F)F)s3)c(C(F)(F)F)cc3c(=O)[nH]c(=O)n(c23)C1. The molecule has 0 saturated heterocycles. The Morgan fingerprint density at radius 3 is 2.48 bits per heavy atom. The van der Waals surface area contributed by atoms with Crippen LogP contribution in [0.2, 0.25) is 0 Å². The second-order valence-corrected chi connectivity index (χ2v) is 8.65. The Balaban J connectivity index is 2.15. The van der Waals surface area contributed by atoms with E-state index in [-0.39, 0.29) is 34.0 Å². The molecular weight excluding hydrogens is 472 g/mol. The number of hydrogen-bond donors (Lipinski definition) is 1. The van der Waals surface area contributed by atoms with Gasteiger partial charge < -0.3 is 4.74 Å². The Bertz CT molecular complexity index is 1290. The molecule has 0 unspecified atom stereocenters. The number of alkyl halides is 6. The number of hydrogen-bond acceptors (Lipinski definition) is 6. The van der Waals surface area contributed by atoms with Gasteiger partial charge in [0, 0.05) is 23.3 Å². The van der Waals surface area contributed by atoms with Crippen molar-refractivity contribution >= 4 is 34.0 Å². The van der Waals surface area contributed by atoms with Gasteiger partial charge in [0.15, 0.2) is 0 Å². The van der Waals surface area contributed by atoms with E-state index < -0.39 is 56.1 Å². The highest BCUT2D eigenvalue weighted by molar-refractivity contribution is 7.99. The molecule has 0 saturated carbocycles. The fourth-order valence-electron chi connectivity index (χ4n) is 3.27. The number of ether oxygens (including phenoxy) is 1. The molecule has 1 atom stereocenters. The molecule has 166 valence electrons. The smallest absolute Gasteiger partial charge is 0.379 e. The van der Waals surface area contributed by atoms with Gasteiger partial charge in [-0.25, -0.2) is 9.78 Å². The fraction of sp³-hybridized carbons (Fsp3) is 0.353. The zero-order valence-electron chi connectivity index (χ0n) is 15.3. The van der Waals surface area contributed by atoms with Crippen molar-refractivity contribution in [3.8, 4) is 10.6 Å². The van der Waals surface area contributed by atoms with Gasteiger partial charge in [0.05, 0.1) is 35.3 Å². The van der Waals surface area contributed by atoms with Crippen LogP contribution in [0, 0.1) is 0 Å². The summed E-state index contributed by atoms with van der Waals surface area (Å²) in [5.74, 6) is 0.104. The maximum atomic E-state index is 13.9. The van der Waals surface area contributed by atoms with Gasteiger partial charge in [0.1, 0.15) is 9.88 Å². The van der Waals surface area contributed by atoms with E-state index in [2.05, 4.69) is 4.98 Å². The highest BCUT2D eigenvalue weighted by Gasteiger charge is 2.40. The summed E-state index contributed by atoms with van der Waals surface area (Å²) >= 11 is 0.927. The van der Waals surface area contributed by atoms with Gasteiger partial charge in [-0.2, -0.15) is 26.3 Å². The van der Waals surface area contributed by atoms with Gasteiger partial charge in [0.25, 0.3) is 5.56 Å². The van der Waals surface area contributed by atoms with Crippen LogP contribution in [0.3, 0.4) is 0 Å². The molecule has 0 fully saturated rings. The Morgan fingerprint density at radius 2 is 1.90 bits per heavy atom. The Hall–Kier alpha value is -2.32. The van der Waals surface area contributed by atoms with E-state index in [1.54, 1.807) is 0 Å². The summed E-state index contributed by atoms with van der Waals surface area (Å²) in [6, 6.07) is 0.547. The average molecular weight is 483 g/mol. The molecule has 1 aliphatic heterocycles. The molecule has 4 rings (SSSR count). The van der Waals surface area contributed by atoms with Crippen molar-refractivity contribution in [1.29, 1.82) is 0 Å². The molecule has 3 heterocycles. The van der Waals surface area contributed by atoms with Gasteiger partial charge in [-0.3, -0.25) is 14.3 Å². The van der Waals surface area contributed by atoms with Gasteiger partial charge in [0.2, 0.25) is 0 Å². The molecule has 0 spiro atoms. The largest absolute Gasteiger partial charge is 0.427 e. The number of thiazole rings is 1. The number of methoxy groups -OCH3 is 1. The standard InChI is InChI=1S/C17H11F6N3O3S2/c1-29-6-4-26-11-7(13(27)25-15(26)28)2-8(16(18,19)20)10(12(11)30-5-6)14-24-3-9(31-14)17(21,22)23/h2-3,6H,4-5H2,1H3,(H,25,27,28)/t6-/m0/s1. The quantitative estimate of drug-likeness (QED) is 0.559. The van der Waals surface area contributed by atoms with Gasteiger partial charge in [-0.05, 0) is 6.07 Å². The lowest BCUT2D eigenvalue weighted by Gasteiger charge is -2.18. The van der Waals surface area contributed by atoms with Crippen molar-refractivity contribution in [2.75, 3.05) is 12.9 Å². The number of H-pyrrole nitrogens is 1. The molecule has 2 aromatic heterocycles. The van der Waals surface area contributed by atoms with Crippen LogP contribution in [0.1, 0.15) is 10.4 Å². The summed E-state index contributed by atoms with van der Waals surface area (Å²) < 4.78 is 87.3. The monoisotopic (exact) mass is 483 g/mol. The lowest BCUT2D eigenvalue weighted by Crippen LogP contribution is -2.34. The number of nitrogens with zero attached hydrogens (tertiary/aromatic N) is 2. The topological polar surface area (TPSA) is 77.0 Å². The number of rotatable bonds is 2. The van der Waals surface area contributed by atoms with Crippen LogP contribution < -0.4 is 11.2 Å². The lowest BCUT2D eigenvalue weighted by atomic mass is 10.0. The minimum Gasteiger partial charge on any atom is -0.379 e. The summed E-state index contributed by atoms with van der Waals surface area (Å²) in [6.07, 6.45) is -9.91. The molecule has 1 aromatic carbocycles. The van der Waals surface area contributed by atoms with Gasteiger partial charge in [-0.1, -0.05) is 0 Å². The molecule has 1 aliphatic rings. The lowest BCUT2D eigenvalue weighted by molar-refractivity contribution is -0.137. The van der Waals surface area contributed by atoms with Crippen LogP contribution in [-0.4, -0.2) is 33.5 Å². The number of halogens is 6. The molecule has 3 aromatic rings. The minimum atomic E-state index is -5.00. The minimum absolute atomic E-state index is 0.0565. The third-order valence-electron chi connectivity index (χ3n) is 4.67. The molecular formula is C17H11F6N3O3S2. The zero-order valence-corrected chi connectivity index (χ0v) is 17.0. The van der Waals surface area contributed by atoms with E-state index in [1.807, 2.05) is 4.98 Å². The van der Waals surface area contributed by atoms with Crippen LogP contribution >= 0.6 is 23.1 Å². The van der Waals surface area contributed by atoms with E-state index >= 15 is 0 Å². The number of thioether (sulfide) groups is 1. The molecule has 0 radical (unpaired) electrons. The third-order valence-corrected chi connectivity index (χ3v) is 6.96. The number of benzene rings is 1. The first-order valence-electron chi connectivity index (χ1n) is 8.51. The van der Waals surface area contributed by atoms with Crippen molar-refractivity contribution in [1.82, 2.24) is 14.5 Å². The predicted molar refractivity (Wildman–Crippen MR) is 101 cm³/mol. The van der Waals surface area contributed by atoms with Gasteiger partial charge >= 0.3 is 18.0 Å². The van der Waals surface area contributed by atoms with Crippen LogP contribution in [0.5, 0.6) is 0 Å². The number of nitrogens with one attached hydrogen (secondary N) is 1. The zero-order chi connectivity index (χ0) is 22.7. The average Bonchev–Trinajstić information content (AvgIpc) is 3.07. The summed E-state index contributed by atoms with van der Waals surface area (Å²) in [6.45, 7) is -0.0565. The van der Waals surface area contributed by atoms with E-state index in [4.69, 9.17) is 4.74 Å². The van der Waals surface area contributed by atoms with Crippen LogP contribution in [-0.2, 0) is 23.6 Å². The first-order valence-corrected chi connectivity index (χ1v) is 10.3. The first-order chi connectivity index (χ1) is 14.4. The Morgan fingerprint density at radius 1 is 1.19 bits per heavy atom. The Kier molecular flexibility index (Phi) is 5.21. The maximum Gasteiger partial charge on any atom is 0.427 e. The number of aromatic amines is 1. The highest BCUT2D eigenvalue weighted by atomic mass is 32.2. The van der Waals surface area contributed by atoms with E-state index in [0.29, 0.717) is 12.3 Å². The first kappa shape index (κ1) is 21.9. The fourth-order valence-corrected chi connectivity index (χ4v) is 5.48. The van der Waals surface area contributed by atoms with Crippen LogP contribution in [0.4, 0.5) is 26.3 Å². The van der Waals surface area contributed by atoms with Crippen molar-refractivity contribution in [2.45, 2.75) is 29.9 Å². The van der Waals surface area contributed by atoms with E-state index in [9.17, 15) is 35.9 Å². The summed E-state index contributed by atoms with van der Waals surface area (Å²) in [5.41, 5.74) is -3.88. The van der Waals surface area contributed by atoms with E-state index in [0.717, 1.165) is 16.3 Å². The number of aromatic nitrogens is 3. The summed E-state index contributed by atoms with van der Waals surface area (Å²) in [5, 5.41) is -0.915. The maximum absolute atomic E-state index is 13.9. The molecule has 0 aliphatic carbocycles. The van der Waals surface area contributed by atoms with Crippen molar-refractivity contribution in [2.24, 2.45) is 0 Å². The molecule has 0 bridgehead atoms. The van der Waals surface area contributed by atoms with Crippen molar-refractivity contribution in [3.63, 3.8) is 0 Å². The second kappa shape index (κ2) is 7.38. The van der Waals surface area contributed by atoms with E-state index in [1.165, 1.54) is 7.11 Å². The predicted octanol–water partition coefficient (Wildman–Crippen LogP) is 3.97. The molecule has 1 N–H and O–H groups in total. The Labute approximate surface area is 176 Å². The highest BCUT2D eigenvalue weighted by Crippen LogP contribution is 2.48. The third kappa shape index (κ3) is 3.76. The van der Waals surface area contributed by atoms with Crippen LogP contribution in [0.25, 0.3) is 21.5 Å². The van der Waals surface area contributed by atoms with Crippen molar-refractivity contribution in [3.05, 3.63) is 43.5 Å². The molecule has 31 heavy (non-hydrogen) atoms. The molecule has 0 amide bonds. The van der Waals surface area contributed by atoms with Crippen molar-refractivity contribution < 1.29 is 31.1 Å². The summed E-state index contributed by atoms with van der Waals surface area (Å²) in [7, 11) is 1.35. The molecule has 14 heteroatoms. The molecule has 6 nitrogen and oxygen atoms in total. The summed E-state index contributed by atoms with van der Waals surface area (Å²) in [4.78, 5) is 29.0. The van der Waals surface area contributed by atoms with Crippen LogP contribution in [0.15, 0.2) is 26.7 Å². The van der Waals surface area contributed by atoms with Gasteiger partial charge in [-0.15, -0.1) is 23.1 Å². The second-order valence-electron chi connectivity index (χ2n) is 6.59.